The Balaban J connectivity index is 2.04. The molecule has 5 heteroatoms. The summed E-state index contributed by atoms with van der Waals surface area (Å²) in [7, 11) is 1.39. The number of hydrogen-bond acceptors (Lipinski definition) is 3. The van der Waals surface area contributed by atoms with Gasteiger partial charge in [-0.3, -0.25) is 4.79 Å². The second kappa shape index (κ2) is 4.09. The largest absolute Gasteiger partial charge is 0.494 e. The van der Waals surface area contributed by atoms with E-state index >= 15 is 0 Å². The van der Waals surface area contributed by atoms with Crippen molar-refractivity contribution in [2.45, 2.75) is 12.5 Å². The molecule has 0 spiro atoms. The minimum absolute atomic E-state index is 0.0527. The maximum atomic E-state index is 13.3. The molecule has 1 aromatic rings. The average molecular weight is 224 g/mol. The van der Waals surface area contributed by atoms with E-state index in [2.05, 4.69) is 5.32 Å². The van der Waals surface area contributed by atoms with Crippen LogP contribution in [-0.2, 0) is 4.79 Å². The standard InChI is InChI=1S/C11H13FN2O2/c1-16-10-3-2-6(4-8(10)12)14-11(15)7-5-9(7)13/h2-4,7,9H,5,13H2,1H3,(H,14,15)/t7-,9+/m1/s1. The van der Waals surface area contributed by atoms with Crippen LogP contribution in [0.5, 0.6) is 5.75 Å². The predicted molar refractivity (Wildman–Crippen MR) is 57.7 cm³/mol. The SMILES string of the molecule is COc1ccc(NC(=O)[C@@H]2C[C@@H]2N)cc1F. The molecular formula is C11H13FN2O2. The first-order valence-electron chi connectivity index (χ1n) is 5.02. The number of halogens is 1. The number of carbonyl (C=O) groups excluding carboxylic acids is 1. The van der Waals surface area contributed by atoms with Crippen molar-refractivity contribution in [1.82, 2.24) is 0 Å². The first-order valence-corrected chi connectivity index (χ1v) is 5.02. The number of hydrogen-bond donors (Lipinski definition) is 2. The van der Waals surface area contributed by atoms with Crippen molar-refractivity contribution in [2.75, 3.05) is 12.4 Å². The zero-order valence-corrected chi connectivity index (χ0v) is 8.87. The van der Waals surface area contributed by atoms with E-state index < -0.39 is 5.82 Å². The van der Waals surface area contributed by atoms with Crippen LogP contribution in [-0.4, -0.2) is 19.1 Å². The molecule has 2 rings (SSSR count). The van der Waals surface area contributed by atoms with Crippen molar-refractivity contribution >= 4 is 11.6 Å². The summed E-state index contributed by atoms with van der Waals surface area (Å²) in [6.07, 6.45) is 0.699. The van der Waals surface area contributed by atoms with Gasteiger partial charge in [0.15, 0.2) is 11.6 Å². The lowest BCUT2D eigenvalue weighted by Gasteiger charge is -2.06. The number of rotatable bonds is 3. The topological polar surface area (TPSA) is 64.3 Å². The zero-order chi connectivity index (χ0) is 11.7. The second-order valence-electron chi connectivity index (χ2n) is 3.84. The van der Waals surface area contributed by atoms with Gasteiger partial charge in [0, 0.05) is 17.8 Å². The highest BCUT2D eigenvalue weighted by atomic mass is 19.1. The van der Waals surface area contributed by atoms with Gasteiger partial charge in [-0.15, -0.1) is 0 Å². The molecule has 1 saturated carbocycles. The minimum Gasteiger partial charge on any atom is -0.494 e. The highest BCUT2D eigenvalue weighted by Gasteiger charge is 2.39. The van der Waals surface area contributed by atoms with Crippen LogP contribution in [0.1, 0.15) is 6.42 Å². The quantitative estimate of drug-likeness (QED) is 0.808. The molecule has 1 amide bonds. The van der Waals surface area contributed by atoms with Gasteiger partial charge in [-0.05, 0) is 18.6 Å². The van der Waals surface area contributed by atoms with Crippen LogP contribution in [0.3, 0.4) is 0 Å². The van der Waals surface area contributed by atoms with Crippen LogP contribution < -0.4 is 15.8 Å². The Hall–Kier alpha value is -1.62. The molecule has 0 unspecified atom stereocenters. The maximum Gasteiger partial charge on any atom is 0.229 e. The summed E-state index contributed by atoms with van der Waals surface area (Å²) < 4.78 is 18.1. The normalized spacial score (nSPS) is 22.7. The molecule has 0 bridgehead atoms. The molecule has 0 saturated heterocycles. The molecular weight excluding hydrogens is 211 g/mol. The summed E-state index contributed by atoms with van der Waals surface area (Å²) in [6, 6.07) is 4.24. The maximum absolute atomic E-state index is 13.3. The summed E-state index contributed by atoms with van der Waals surface area (Å²) in [6.45, 7) is 0. The fourth-order valence-corrected chi connectivity index (χ4v) is 1.50. The molecule has 0 aliphatic heterocycles. The van der Waals surface area contributed by atoms with E-state index in [1.807, 2.05) is 0 Å². The molecule has 3 N–H and O–H groups in total. The molecule has 1 aliphatic carbocycles. The van der Waals surface area contributed by atoms with Crippen LogP contribution >= 0.6 is 0 Å². The molecule has 1 aromatic carbocycles. The number of anilines is 1. The molecule has 2 atom stereocenters. The zero-order valence-electron chi connectivity index (χ0n) is 8.87. The van der Waals surface area contributed by atoms with Gasteiger partial charge in [-0.1, -0.05) is 0 Å². The van der Waals surface area contributed by atoms with Crippen molar-refractivity contribution in [3.63, 3.8) is 0 Å². The van der Waals surface area contributed by atoms with Gasteiger partial charge in [0.25, 0.3) is 0 Å². The smallest absolute Gasteiger partial charge is 0.229 e. The Morgan fingerprint density at radius 2 is 2.31 bits per heavy atom. The summed E-state index contributed by atoms with van der Waals surface area (Å²) in [5.41, 5.74) is 5.96. The van der Waals surface area contributed by atoms with Gasteiger partial charge < -0.3 is 15.8 Å². The molecule has 0 heterocycles. The molecule has 86 valence electrons. The highest BCUT2D eigenvalue weighted by molar-refractivity contribution is 5.94. The van der Waals surface area contributed by atoms with E-state index in [0.717, 1.165) is 0 Å². The number of amides is 1. The number of nitrogens with one attached hydrogen (secondary N) is 1. The molecule has 1 aliphatic rings. The lowest BCUT2D eigenvalue weighted by Crippen LogP contribution is -2.18. The number of nitrogens with two attached hydrogens (primary N) is 1. The van der Waals surface area contributed by atoms with Gasteiger partial charge in [0.1, 0.15) is 0 Å². The number of ether oxygens (including phenoxy) is 1. The van der Waals surface area contributed by atoms with Crippen LogP contribution in [0.2, 0.25) is 0 Å². The van der Waals surface area contributed by atoms with Gasteiger partial charge in [0.05, 0.1) is 13.0 Å². The number of carbonyl (C=O) groups is 1. The van der Waals surface area contributed by atoms with Gasteiger partial charge in [0.2, 0.25) is 5.91 Å². The summed E-state index contributed by atoms with van der Waals surface area (Å²) >= 11 is 0. The van der Waals surface area contributed by atoms with Crippen molar-refractivity contribution in [2.24, 2.45) is 11.7 Å². The van der Waals surface area contributed by atoms with Gasteiger partial charge in [-0.2, -0.15) is 0 Å². The van der Waals surface area contributed by atoms with E-state index in [9.17, 15) is 9.18 Å². The summed E-state index contributed by atoms with van der Waals surface area (Å²) in [5, 5.41) is 2.61. The Morgan fingerprint density at radius 3 is 2.81 bits per heavy atom. The van der Waals surface area contributed by atoms with Crippen molar-refractivity contribution in [3.8, 4) is 5.75 Å². The highest BCUT2D eigenvalue weighted by Crippen LogP contribution is 2.29. The lowest BCUT2D eigenvalue weighted by atomic mass is 10.2. The molecule has 0 radical (unpaired) electrons. The van der Waals surface area contributed by atoms with Crippen molar-refractivity contribution in [3.05, 3.63) is 24.0 Å². The first kappa shape index (κ1) is 10.9. The van der Waals surface area contributed by atoms with Crippen LogP contribution in [0.4, 0.5) is 10.1 Å². The minimum atomic E-state index is -0.500. The predicted octanol–water partition coefficient (Wildman–Crippen LogP) is 1.12. The Kier molecular flexibility index (Phi) is 2.78. The lowest BCUT2D eigenvalue weighted by molar-refractivity contribution is -0.117. The van der Waals surface area contributed by atoms with E-state index in [-0.39, 0.29) is 23.6 Å². The fraction of sp³-hybridized carbons (Fsp3) is 0.364. The van der Waals surface area contributed by atoms with E-state index in [0.29, 0.717) is 12.1 Å². The van der Waals surface area contributed by atoms with Crippen LogP contribution in [0.15, 0.2) is 18.2 Å². The second-order valence-corrected chi connectivity index (χ2v) is 3.84. The van der Waals surface area contributed by atoms with E-state index in [1.165, 1.54) is 19.2 Å². The Bertz CT molecular complexity index is 422. The molecule has 1 fully saturated rings. The van der Waals surface area contributed by atoms with Crippen molar-refractivity contribution in [1.29, 1.82) is 0 Å². The molecule has 4 nitrogen and oxygen atoms in total. The van der Waals surface area contributed by atoms with Gasteiger partial charge in [-0.25, -0.2) is 4.39 Å². The average Bonchev–Trinajstić information content (AvgIpc) is 2.96. The van der Waals surface area contributed by atoms with Crippen LogP contribution in [0, 0.1) is 11.7 Å². The van der Waals surface area contributed by atoms with E-state index in [1.54, 1.807) is 6.07 Å². The summed E-state index contributed by atoms with van der Waals surface area (Å²) in [5.74, 6) is -0.635. The third-order valence-corrected chi connectivity index (χ3v) is 2.60. The monoisotopic (exact) mass is 224 g/mol. The number of benzene rings is 1. The van der Waals surface area contributed by atoms with E-state index in [4.69, 9.17) is 10.5 Å². The van der Waals surface area contributed by atoms with Gasteiger partial charge >= 0.3 is 0 Å². The number of methoxy groups -OCH3 is 1. The van der Waals surface area contributed by atoms with Crippen molar-refractivity contribution < 1.29 is 13.9 Å². The third kappa shape index (κ3) is 2.14. The van der Waals surface area contributed by atoms with Crippen LogP contribution in [0.25, 0.3) is 0 Å². The first-order chi connectivity index (χ1) is 7.61. The fourth-order valence-electron chi connectivity index (χ4n) is 1.50. The Morgan fingerprint density at radius 1 is 1.62 bits per heavy atom. The Labute approximate surface area is 92.6 Å². The third-order valence-electron chi connectivity index (χ3n) is 2.60. The molecule has 16 heavy (non-hydrogen) atoms. The summed E-state index contributed by atoms with van der Waals surface area (Å²) in [4.78, 5) is 11.5. The molecule has 0 aromatic heterocycles.